The zero-order valence-electron chi connectivity index (χ0n) is 10.7. The molecule has 0 aliphatic heterocycles. The number of non-ortho nitro benzene ring substituents is 1. The molecule has 1 amide bonds. The highest BCUT2D eigenvalue weighted by atomic mass is 16.6. The molecule has 102 valence electrons. The summed E-state index contributed by atoms with van der Waals surface area (Å²) in [6, 6.07) is 10.3. The maximum atomic E-state index is 12.0. The Morgan fingerprint density at radius 2 is 1.95 bits per heavy atom. The lowest BCUT2D eigenvalue weighted by molar-refractivity contribution is -0.384. The summed E-state index contributed by atoms with van der Waals surface area (Å²) in [7, 11) is 0. The number of rotatable bonds is 3. The highest BCUT2D eigenvalue weighted by Crippen LogP contribution is 2.24. The van der Waals surface area contributed by atoms with Gasteiger partial charge in [-0.3, -0.25) is 14.9 Å². The number of carbonyl (C=O) groups excluding carboxylic acids is 1. The van der Waals surface area contributed by atoms with Gasteiger partial charge in [0.25, 0.3) is 11.6 Å². The minimum absolute atomic E-state index is 0.108. The van der Waals surface area contributed by atoms with Crippen molar-refractivity contribution in [3.63, 3.8) is 0 Å². The Kier molecular flexibility index (Phi) is 3.65. The Bertz CT molecular complexity index is 683. The number of aromatic hydroxyl groups is 1. The molecule has 20 heavy (non-hydrogen) atoms. The van der Waals surface area contributed by atoms with E-state index >= 15 is 0 Å². The Balaban J connectivity index is 2.30. The highest BCUT2D eigenvalue weighted by Gasteiger charge is 2.14. The molecule has 0 heterocycles. The summed E-state index contributed by atoms with van der Waals surface area (Å²) in [4.78, 5) is 22.2. The first-order valence-electron chi connectivity index (χ1n) is 5.83. The van der Waals surface area contributed by atoms with Crippen LogP contribution in [0.15, 0.2) is 42.5 Å². The van der Waals surface area contributed by atoms with Gasteiger partial charge < -0.3 is 10.4 Å². The van der Waals surface area contributed by atoms with Crippen molar-refractivity contribution in [2.45, 2.75) is 6.92 Å². The van der Waals surface area contributed by atoms with Gasteiger partial charge in [0.05, 0.1) is 16.2 Å². The molecule has 2 aromatic rings. The number of hydrogen-bond acceptors (Lipinski definition) is 4. The third-order valence-electron chi connectivity index (χ3n) is 2.83. The fourth-order valence-corrected chi connectivity index (χ4v) is 1.71. The van der Waals surface area contributed by atoms with Gasteiger partial charge in [0.15, 0.2) is 0 Å². The van der Waals surface area contributed by atoms with Crippen molar-refractivity contribution in [3.8, 4) is 5.75 Å². The number of nitro groups is 1. The van der Waals surface area contributed by atoms with Crippen LogP contribution in [0, 0.1) is 17.0 Å². The fourth-order valence-electron chi connectivity index (χ4n) is 1.71. The molecular formula is C14H12N2O4. The second-order valence-electron chi connectivity index (χ2n) is 4.23. The van der Waals surface area contributed by atoms with E-state index in [1.54, 1.807) is 25.1 Å². The molecule has 2 N–H and O–H groups in total. The number of nitrogens with zero attached hydrogens (tertiary/aromatic N) is 1. The van der Waals surface area contributed by atoms with Crippen LogP contribution in [0.25, 0.3) is 0 Å². The number of aryl methyl sites for hydroxylation is 1. The lowest BCUT2D eigenvalue weighted by Gasteiger charge is -2.09. The molecule has 0 saturated heterocycles. The van der Waals surface area contributed by atoms with E-state index in [1.807, 2.05) is 0 Å². The zero-order valence-corrected chi connectivity index (χ0v) is 10.7. The van der Waals surface area contributed by atoms with Gasteiger partial charge in [-0.1, -0.05) is 18.2 Å². The fraction of sp³-hybridized carbons (Fsp3) is 0.0714. The van der Waals surface area contributed by atoms with Crippen molar-refractivity contribution in [1.29, 1.82) is 0 Å². The minimum Gasteiger partial charge on any atom is -0.507 e. The standard InChI is InChI=1S/C14H12N2O4/c1-9-6-7-10(16(19)20)8-12(9)15-14(18)11-4-2-3-5-13(11)17/h2-8,17H,1H3,(H,15,18). The SMILES string of the molecule is Cc1ccc([N+](=O)[O-])cc1NC(=O)c1ccccc1O. The molecule has 0 aliphatic carbocycles. The van der Waals surface area contributed by atoms with Gasteiger partial charge in [0.2, 0.25) is 0 Å². The maximum absolute atomic E-state index is 12.0. The molecule has 0 radical (unpaired) electrons. The van der Waals surface area contributed by atoms with Crippen LogP contribution in [0.4, 0.5) is 11.4 Å². The second kappa shape index (κ2) is 5.40. The van der Waals surface area contributed by atoms with E-state index in [0.29, 0.717) is 11.3 Å². The summed E-state index contributed by atoms with van der Waals surface area (Å²) in [6.07, 6.45) is 0. The monoisotopic (exact) mass is 272 g/mol. The first-order valence-corrected chi connectivity index (χ1v) is 5.83. The molecule has 0 fully saturated rings. The molecule has 0 saturated carbocycles. The molecule has 0 unspecified atom stereocenters. The van der Waals surface area contributed by atoms with Crippen molar-refractivity contribution in [2.24, 2.45) is 0 Å². The first-order chi connectivity index (χ1) is 9.49. The van der Waals surface area contributed by atoms with Crippen LogP contribution >= 0.6 is 0 Å². The van der Waals surface area contributed by atoms with E-state index in [9.17, 15) is 20.0 Å². The first kappa shape index (κ1) is 13.5. The number of phenols is 1. The van der Waals surface area contributed by atoms with E-state index in [2.05, 4.69) is 5.32 Å². The van der Waals surface area contributed by atoms with Gasteiger partial charge in [-0.25, -0.2) is 0 Å². The van der Waals surface area contributed by atoms with E-state index in [0.717, 1.165) is 0 Å². The normalized spacial score (nSPS) is 10.1. The molecule has 0 spiro atoms. The number of para-hydroxylation sites is 1. The van der Waals surface area contributed by atoms with Crippen LogP contribution < -0.4 is 5.32 Å². The third kappa shape index (κ3) is 2.74. The van der Waals surface area contributed by atoms with Crippen LogP contribution in [0.5, 0.6) is 5.75 Å². The lowest BCUT2D eigenvalue weighted by atomic mass is 10.1. The van der Waals surface area contributed by atoms with Gasteiger partial charge in [0, 0.05) is 12.1 Å². The van der Waals surface area contributed by atoms with E-state index in [-0.39, 0.29) is 17.0 Å². The molecule has 0 bridgehead atoms. The van der Waals surface area contributed by atoms with Crippen molar-refractivity contribution in [1.82, 2.24) is 0 Å². The average Bonchev–Trinajstić information content (AvgIpc) is 2.41. The highest BCUT2D eigenvalue weighted by molar-refractivity contribution is 6.06. The molecule has 0 aromatic heterocycles. The van der Waals surface area contributed by atoms with Gasteiger partial charge in [0.1, 0.15) is 5.75 Å². The van der Waals surface area contributed by atoms with Crippen molar-refractivity contribution in [3.05, 3.63) is 63.7 Å². The van der Waals surface area contributed by atoms with Crippen molar-refractivity contribution >= 4 is 17.3 Å². The van der Waals surface area contributed by atoms with Crippen LogP contribution in [-0.4, -0.2) is 15.9 Å². The quantitative estimate of drug-likeness (QED) is 0.663. The number of nitrogens with one attached hydrogen (secondary N) is 1. The molecule has 0 atom stereocenters. The van der Waals surface area contributed by atoms with Crippen LogP contribution in [0.3, 0.4) is 0 Å². The Labute approximate surface area is 114 Å². The molecular weight excluding hydrogens is 260 g/mol. The number of anilines is 1. The van der Waals surface area contributed by atoms with Gasteiger partial charge in [-0.05, 0) is 24.6 Å². The lowest BCUT2D eigenvalue weighted by Crippen LogP contribution is -2.13. The van der Waals surface area contributed by atoms with Crippen molar-refractivity contribution < 1.29 is 14.8 Å². The summed E-state index contributed by atoms with van der Waals surface area (Å²) < 4.78 is 0. The number of hydrogen-bond donors (Lipinski definition) is 2. The molecule has 6 nitrogen and oxygen atoms in total. The van der Waals surface area contributed by atoms with E-state index in [4.69, 9.17) is 0 Å². The van der Waals surface area contributed by atoms with Crippen LogP contribution in [0.1, 0.15) is 15.9 Å². The molecule has 0 aliphatic rings. The number of phenolic OH excluding ortho intramolecular Hbond substituents is 1. The summed E-state index contributed by atoms with van der Waals surface area (Å²) in [5, 5.41) is 22.9. The largest absolute Gasteiger partial charge is 0.507 e. The molecule has 6 heteroatoms. The zero-order chi connectivity index (χ0) is 14.7. The smallest absolute Gasteiger partial charge is 0.271 e. The van der Waals surface area contributed by atoms with Crippen LogP contribution in [0.2, 0.25) is 0 Å². The minimum atomic E-state index is -0.533. The Morgan fingerprint density at radius 1 is 1.25 bits per heavy atom. The number of benzene rings is 2. The van der Waals surface area contributed by atoms with Gasteiger partial charge in [-0.15, -0.1) is 0 Å². The number of amides is 1. The second-order valence-corrected chi connectivity index (χ2v) is 4.23. The number of carbonyl (C=O) groups is 1. The summed E-state index contributed by atoms with van der Waals surface area (Å²) in [5.74, 6) is -0.667. The van der Waals surface area contributed by atoms with Gasteiger partial charge >= 0.3 is 0 Å². The van der Waals surface area contributed by atoms with E-state index < -0.39 is 10.8 Å². The summed E-state index contributed by atoms with van der Waals surface area (Å²) >= 11 is 0. The predicted molar refractivity (Wildman–Crippen MR) is 73.9 cm³/mol. The summed E-state index contributed by atoms with van der Waals surface area (Å²) in [6.45, 7) is 1.73. The topological polar surface area (TPSA) is 92.5 Å². The van der Waals surface area contributed by atoms with Crippen LogP contribution in [-0.2, 0) is 0 Å². The van der Waals surface area contributed by atoms with Gasteiger partial charge in [-0.2, -0.15) is 0 Å². The average molecular weight is 272 g/mol. The molecule has 2 aromatic carbocycles. The molecule has 2 rings (SSSR count). The Morgan fingerprint density at radius 3 is 2.60 bits per heavy atom. The van der Waals surface area contributed by atoms with Crippen molar-refractivity contribution in [2.75, 3.05) is 5.32 Å². The third-order valence-corrected chi connectivity index (χ3v) is 2.83. The summed E-state index contributed by atoms with van der Waals surface area (Å²) in [5.41, 5.74) is 1.04. The van der Waals surface area contributed by atoms with E-state index in [1.165, 1.54) is 24.3 Å². The Hall–Kier alpha value is -2.89. The number of nitro benzene ring substituents is 1. The maximum Gasteiger partial charge on any atom is 0.271 e. The predicted octanol–water partition coefficient (Wildman–Crippen LogP) is 2.86.